The number of nitrogens with zero attached hydrogens (tertiary/aromatic N) is 4. The zero-order valence-electron chi connectivity index (χ0n) is 27.3. The highest BCUT2D eigenvalue weighted by Crippen LogP contribution is 2.36. The summed E-state index contributed by atoms with van der Waals surface area (Å²) in [4.78, 5) is 38.7. The van der Waals surface area contributed by atoms with Crippen LogP contribution in [0.25, 0.3) is 10.9 Å². The molecular weight excluding hydrogens is 647 g/mol. The van der Waals surface area contributed by atoms with E-state index < -0.39 is 0 Å². The Morgan fingerprint density at radius 2 is 1.73 bits per heavy atom. The molecule has 2 amide bonds. The first kappa shape index (κ1) is 34.1. The average Bonchev–Trinajstić information content (AvgIpc) is 3.12. The molecule has 0 spiro atoms. The summed E-state index contributed by atoms with van der Waals surface area (Å²) in [6, 6.07) is 15.1. The maximum absolute atomic E-state index is 13.5. The fourth-order valence-electron chi connectivity index (χ4n) is 6.17. The molecule has 6 rings (SSSR count). The van der Waals surface area contributed by atoms with E-state index in [0.29, 0.717) is 77.2 Å². The normalized spacial score (nSPS) is 15.5. The van der Waals surface area contributed by atoms with Crippen molar-refractivity contribution in [3.63, 3.8) is 0 Å². The second-order valence-electron chi connectivity index (χ2n) is 12.3. The number of rotatable bonds is 12. The lowest BCUT2D eigenvalue weighted by Crippen LogP contribution is -2.40. The van der Waals surface area contributed by atoms with Crippen molar-refractivity contribution in [2.75, 3.05) is 50.0 Å². The van der Waals surface area contributed by atoms with Gasteiger partial charge in [0.1, 0.15) is 42.7 Å². The number of halogens is 2. The summed E-state index contributed by atoms with van der Waals surface area (Å²) in [5, 5.41) is 7.51. The van der Waals surface area contributed by atoms with E-state index in [-0.39, 0.29) is 30.2 Å². The molecule has 2 fully saturated rings. The summed E-state index contributed by atoms with van der Waals surface area (Å²) >= 11 is 6.57. The molecule has 2 aliphatic heterocycles. The zero-order chi connectivity index (χ0) is 34.2. The molecule has 2 saturated heterocycles. The summed E-state index contributed by atoms with van der Waals surface area (Å²) < 4.78 is 25.4. The molecule has 2 aliphatic rings. The largest absolute Gasteiger partial charge is 0.490 e. The predicted molar refractivity (Wildman–Crippen MR) is 189 cm³/mol. The molecule has 0 aliphatic carbocycles. The number of aromatic nitrogens is 2. The van der Waals surface area contributed by atoms with Gasteiger partial charge < -0.3 is 25.0 Å². The first-order valence-electron chi connectivity index (χ1n) is 16.7. The van der Waals surface area contributed by atoms with Crippen LogP contribution < -0.4 is 20.1 Å². The van der Waals surface area contributed by atoms with Gasteiger partial charge in [-0.1, -0.05) is 36.7 Å². The van der Waals surface area contributed by atoms with E-state index in [0.717, 1.165) is 25.2 Å². The molecular formula is C37H40ClFN6O4. The van der Waals surface area contributed by atoms with E-state index in [1.165, 1.54) is 43.8 Å². The number of amides is 2. The van der Waals surface area contributed by atoms with E-state index >= 15 is 0 Å². The maximum atomic E-state index is 13.5. The maximum Gasteiger partial charge on any atom is 0.245 e. The third-order valence-corrected chi connectivity index (χ3v) is 9.26. The lowest BCUT2D eigenvalue weighted by molar-refractivity contribution is -0.130. The van der Waals surface area contributed by atoms with Crippen LogP contribution in [0.2, 0.25) is 5.02 Å². The van der Waals surface area contributed by atoms with E-state index in [1.807, 2.05) is 18.2 Å². The quantitative estimate of drug-likeness (QED) is 0.154. The van der Waals surface area contributed by atoms with Gasteiger partial charge in [-0.15, -0.1) is 0 Å². The number of benzene rings is 3. The first-order chi connectivity index (χ1) is 23.9. The van der Waals surface area contributed by atoms with Crippen molar-refractivity contribution in [3.8, 4) is 11.5 Å². The van der Waals surface area contributed by atoms with Gasteiger partial charge in [-0.3, -0.25) is 14.5 Å². The Kier molecular flexibility index (Phi) is 11.2. The van der Waals surface area contributed by atoms with Crippen LogP contribution in [-0.2, 0) is 16.2 Å². The second-order valence-corrected chi connectivity index (χ2v) is 12.7. The molecule has 0 radical (unpaired) electrons. The SMILES string of the molecule is C=CC(=O)N1CCC(C(=O)Nc2cc3c(Nc4ccc(OCc5ccc(F)cc5)c(Cl)c4)ncnc3cc2OCCN2CCCCC2)CC1. The number of hydrogen-bond donors (Lipinski definition) is 2. The fourth-order valence-corrected chi connectivity index (χ4v) is 6.40. The van der Waals surface area contributed by atoms with Gasteiger partial charge in [-0.2, -0.15) is 0 Å². The van der Waals surface area contributed by atoms with Crippen LogP contribution in [0.5, 0.6) is 11.5 Å². The highest BCUT2D eigenvalue weighted by atomic mass is 35.5. The van der Waals surface area contributed by atoms with Crippen molar-refractivity contribution in [3.05, 3.63) is 90.0 Å². The summed E-state index contributed by atoms with van der Waals surface area (Å²) in [6.45, 7) is 8.20. The Balaban J connectivity index is 1.20. The monoisotopic (exact) mass is 686 g/mol. The number of piperidine rings is 2. The van der Waals surface area contributed by atoms with Gasteiger partial charge in [0.25, 0.3) is 0 Å². The number of likely N-dealkylation sites (tertiary alicyclic amines) is 2. The molecule has 12 heteroatoms. The van der Waals surface area contributed by atoms with E-state index in [1.54, 1.807) is 29.2 Å². The number of carbonyl (C=O) groups is 2. The highest BCUT2D eigenvalue weighted by Gasteiger charge is 2.27. The average molecular weight is 687 g/mol. The number of ether oxygens (including phenoxy) is 2. The van der Waals surface area contributed by atoms with Crippen molar-refractivity contribution < 1.29 is 23.5 Å². The van der Waals surface area contributed by atoms with Gasteiger partial charge >= 0.3 is 0 Å². The van der Waals surface area contributed by atoms with E-state index in [4.69, 9.17) is 21.1 Å². The minimum absolute atomic E-state index is 0.119. The summed E-state index contributed by atoms with van der Waals surface area (Å²) in [5.74, 6) is 0.743. The summed E-state index contributed by atoms with van der Waals surface area (Å²) in [7, 11) is 0. The van der Waals surface area contributed by atoms with Crippen molar-refractivity contribution in [2.24, 2.45) is 5.92 Å². The Morgan fingerprint density at radius 1 is 0.959 bits per heavy atom. The molecule has 0 atom stereocenters. The van der Waals surface area contributed by atoms with Gasteiger partial charge in [-0.25, -0.2) is 14.4 Å². The Labute approximate surface area is 290 Å². The molecule has 2 N–H and O–H groups in total. The topological polar surface area (TPSA) is 109 Å². The minimum Gasteiger partial charge on any atom is -0.490 e. The van der Waals surface area contributed by atoms with Crippen LogP contribution in [-0.4, -0.2) is 70.9 Å². The first-order valence-corrected chi connectivity index (χ1v) is 17.0. The molecule has 0 saturated carbocycles. The lowest BCUT2D eigenvalue weighted by atomic mass is 9.95. The number of nitrogens with one attached hydrogen (secondary N) is 2. The molecule has 3 aromatic carbocycles. The van der Waals surface area contributed by atoms with Gasteiger partial charge in [-0.05, 0) is 86.8 Å². The Bertz CT molecular complexity index is 1790. The van der Waals surface area contributed by atoms with Crippen LogP contribution in [0.1, 0.15) is 37.7 Å². The third-order valence-electron chi connectivity index (χ3n) is 8.96. The van der Waals surface area contributed by atoms with Crippen molar-refractivity contribution in [2.45, 2.75) is 38.7 Å². The van der Waals surface area contributed by atoms with Crippen LogP contribution in [0, 0.1) is 11.7 Å². The van der Waals surface area contributed by atoms with E-state index in [9.17, 15) is 14.0 Å². The molecule has 0 bridgehead atoms. The Hall–Kier alpha value is -4.74. The lowest BCUT2D eigenvalue weighted by Gasteiger charge is -2.30. The highest BCUT2D eigenvalue weighted by molar-refractivity contribution is 6.32. The molecule has 1 aromatic heterocycles. The standard InChI is InChI=1S/C37H40ClFN6O4/c1-2-35(46)45-16-12-26(13-17-45)37(47)43-32-21-29-31(22-34(32)48-19-18-44-14-4-3-5-15-44)40-24-41-36(29)42-28-10-11-33(30(38)20-28)49-23-25-6-8-27(39)9-7-25/h2,6-11,20-22,24,26H,1,3-5,12-19,23H2,(H,43,47)(H,40,41,42). The molecule has 4 aromatic rings. The summed E-state index contributed by atoms with van der Waals surface area (Å²) in [5.41, 5.74) is 2.66. The number of hydrogen-bond acceptors (Lipinski definition) is 8. The molecule has 49 heavy (non-hydrogen) atoms. The van der Waals surface area contributed by atoms with Gasteiger partial charge in [0.2, 0.25) is 11.8 Å². The number of anilines is 3. The van der Waals surface area contributed by atoms with Crippen molar-refractivity contribution in [1.29, 1.82) is 0 Å². The second kappa shape index (κ2) is 16.1. The molecule has 256 valence electrons. The van der Waals surface area contributed by atoms with Gasteiger partial charge in [0, 0.05) is 42.7 Å². The molecule has 10 nitrogen and oxygen atoms in total. The molecule has 0 unspecified atom stereocenters. The Morgan fingerprint density at radius 3 is 2.47 bits per heavy atom. The molecule has 3 heterocycles. The predicted octanol–water partition coefficient (Wildman–Crippen LogP) is 6.97. The minimum atomic E-state index is -0.306. The van der Waals surface area contributed by atoms with Crippen molar-refractivity contribution >= 4 is 51.5 Å². The smallest absolute Gasteiger partial charge is 0.245 e. The van der Waals surface area contributed by atoms with Crippen LogP contribution in [0.3, 0.4) is 0 Å². The number of carbonyl (C=O) groups excluding carboxylic acids is 2. The number of fused-ring (bicyclic) bond motifs is 1. The van der Waals surface area contributed by atoms with Crippen molar-refractivity contribution in [1.82, 2.24) is 19.8 Å². The van der Waals surface area contributed by atoms with Gasteiger partial charge in [0.15, 0.2) is 0 Å². The van der Waals surface area contributed by atoms with E-state index in [2.05, 4.69) is 32.1 Å². The zero-order valence-corrected chi connectivity index (χ0v) is 28.1. The van der Waals surface area contributed by atoms with Gasteiger partial charge in [0.05, 0.1) is 16.2 Å². The van der Waals surface area contributed by atoms with Crippen LogP contribution in [0.4, 0.5) is 21.6 Å². The fraction of sp³-hybridized carbons (Fsp3) is 0.351. The summed E-state index contributed by atoms with van der Waals surface area (Å²) in [6.07, 6.45) is 7.55. The third kappa shape index (κ3) is 8.84. The van der Waals surface area contributed by atoms with Crippen LogP contribution >= 0.6 is 11.6 Å². The van der Waals surface area contributed by atoms with Crippen LogP contribution in [0.15, 0.2) is 73.6 Å².